The van der Waals surface area contributed by atoms with Crippen molar-refractivity contribution >= 4 is 29.2 Å². The fraction of sp³-hybridized carbons (Fsp3) is 0.438. The fourth-order valence-electron chi connectivity index (χ4n) is 5.84. The largest absolute Gasteiger partial charge is 0.452 e. The van der Waals surface area contributed by atoms with E-state index in [1.807, 2.05) is 0 Å². The van der Waals surface area contributed by atoms with Gasteiger partial charge in [-0.25, -0.2) is 10.0 Å². The molecule has 7 nitrogen and oxygen atoms in total. The van der Waals surface area contributed by atoms with Crippen molar-refractivity contribution in [2.45, 2.75) is 77.6 Å². The molecule has 0 bridgehead atoms. The Hall–Kier alpha value is -3.95. The summed E-state index contributed by atoms with van der Waals surface area (Å²) in [6.07, 6.45) is -0.0955. The van der Waals surface area contributed by atoms with Crippen molar-refractivity contribution in [1.29, 1.82) is 0 Å². The molecule has 42 heavy (non-hydrogen) atoms. The number of halogens is 3. The molecule has 4 rings (SSSR count). The van der Waals surface area contributed by atoms with E-state index in [2.05, 4.69) is 0 Å². The second-order valence-corrected chi connectivity index (χ2v) is 11.2. The quantitative estimate of drug-likeness (QED) is 0.396. The van der Waals surface area contributed by atoms with Crippen molar-refractivity contribution in [1.82, 2.24) is 14.9 Å². The van der Waals surface area contributed by atoms with E-state index in [0.29, 0.717) is 29.0 Å². The van der Waals surface area contributed by atoms with Crippen LogP contribution in [0.25, 0.3) is 5.70 Å². The summed E-state index contributed by atoms with van der Waals surface area (Å²) in [5.74, 6) is -4.77. The van der Waals surface area contributed by atoms with Crippen molar-refractivity contribution in [3.8, 4) is 0 Å². The molecule has 224 valence electrons. The summed E-state index contributed by atoms with van der Waals surface area (Å²) in [7, 11) is 0. The Morgan fingerprint density at radius 2 is 1.50 bits per heavy atom. The maximum atomic E-state index is 14.4. The molecular weight excluding hydrogens is 547 g/mol. The van der Waals surface area contributed by atoms with E-state index >= 15 is 0 Å². The molecule has 1 aliphatic heterocycles. The van der Waals surface area contributed by atoms with Crippen LogP contribution in [-0.2, 0) is 25.6 Å². The summed E-state index contributed by atoms with van der Waals surface area (Å²) < 4.78 is 42.1. The highest BCUT2D eigenvalue weighted by Crippen LogP contribution is 2.36. The third-order valence-corrected chi connectivity index (χ3v) is 7.85. The number of hydrogen-bond donors (Lipinski definition) is 0. The smallest absolute Gasteiger partial charge is 0.304 e. The van der Waals surface area contributed by atoms with Gasteiger partial charge in [-0.2, -0.15) is 13.2 Å². The van der Waals surface area contributed by atoms with E-state index in [-0.39, 0.29) is 17.5 Å². The third-order valence-electron chi connectivity index (χ3n) is 7.85. The first-order chi connectivity index (χ1) is 19.9. The molecule has 1 saturated carbocycles. The summed E-state index contributed by atoms with van der Waals surface area (Å²) in [6.45, 7) is 4.51. The lowest BCUT2D eigenvalue weighted by atomic mass is 9.87. The fourth-order valence-corrected chi connectivity index (χ4v) is 5.84. The molecule has 10 heteroatoms. The Labute approximate surface area is 243 Å². The predicted molar refractivity (Wildman–Crippen MR) is 151 cm³/mol. The molecule has 1 aliphatic carbocycles. The maximum Gasteiger partial charge on any atom is 0.452 e. The molecule has 2 aromatic rings. The minimum absolute atomic E-state index is 0.0462. The van der Waals surface area contributed by atoms with Crippen molar-refractivity contribution in [3.05, 3.63) is 78.0 Å². The Morgan fingerprint density at radius 3 is 2.02 bits per heavy atom. The van der Waals surface area contributed by atoms with Crippen LogP contribution < -0.4 is 0 Å². The molecule has 1 fully saturated rings. The number of benzene rings is 2. The normalized spacial score (nSPS) is 19.0. The number of ketones is 1. The van der Waals surface area contributed by atoms with E-state index in [0.717, 1.165) is 31.2 Å². The second kappa shape index (κ2) is 12.9. The third kappa shape index (κ3) is 6.58. The molecule has 2 aromatic carbocycles. The van der Waals surface area contributed by atoms with Gasteiger partial charge in [0, 0.05) is 31.0 Å². The van der Waals surface area contributed by atoms with Gasteiger partial charge in [0.1, 0.15) is 12.1 Å². The second-order valence-electron chi connectivity index (χ2n) is 11.2. The van der Waals surface area contributed by atoms with Gasteiger partial charge in [-0.1, -0.05) is 93.8 Å². The molecule has 3 amide bonds. The maximum absolute atomic E-state index is 14.4. The molecule has 0 spiro atoms. The number of Topliss-reactive ketones (excluding diaryl/α,β-unsaturated/α-hetero) is 1. The van der Waals surface area contributed by atoms with Crippen molar-refractivity contribution in [2.24, 2.45) is 11.8 Å². The van der Waals surface area contributed by atoms with Crippen LogP contribution in [0.2, 0.25) is 0 Å². The molecule has 0 radical (unpaired) electrons. The van der Waals surface area contributed by atoms with Gasteiger partial charge in [-0.3, -0.25) is 19.2 Å². The van der Waals surface area contributed by atoms with Gasteiger partial charge in [-0.05, 0) is 24.3 Å². The van der Waals surface area contributed by atoms with Gasteiger partial charge in [0.25, 0.3) is 11.7 Å². The van der Waals surface area contributed by atoms with Gasteiger partial charge in [-0.15, -0.1) is 0 Å². The lowest BCUT2D eigenvalue weighted by Gasteiger charge is -2.47. The molecule has 1 heterocycles. The van der Waals surface area contributed by atoms with Crippen LogP contribution in [0.15, 0.2) is 66.9 Å². The van der Waals surface area contributed by atoms with Crippen LogP contribution in [-0.4, -0.2) is 56.7 Å². The van der Waals surface area contributed by atoms with Crippen LogP contribution in [0.5, 0.6) is 0 Å². The highest BCUT2D eigenvalue weighted by atomic mass is 19.4. The summed E-state index contributed by atoms with van der Waals surface area (Å²) in [6, 6.07) is 13.3. The molecule has 0 aromatic heterocycles. The number of carbonyl (C=O) groups excluding carboxylic acids is 4. The predicted octanol–water partition coefficient (Wildman–Crippen LogP) is 5.77. The number of hydrogen-bond acceptors (Lipinski definition) is 4. The number of nitrogens with zero attached hydrogens (tertiary/aromatic N) is 3. The van der Waals surface area contributed by atoms with Gasteiger partial charge in [0.15, 0.2) is 0 Å². The van der Waals surface area contributed by atoms with Gasteiger partial charge >= 0.3 is 6.18 Å². The van der Waals surface area contributed by atoms with Crippen molar-refractivity contribution in [2.75, 3.05) is 0 Å². The molecule has 2 atom stereocenters. The zero-order valence-corrected chi connectivity index (χ0v) is 24.0. The van der Waals surface area contributed by atoms with Gasteiger partial charge in [0.2, 0.25) is 11.8 Å². The number of alkyl halides is 3. The zero-order chi connectivity index (χ0) is 30.6. The first kappa shape index (κ1) is 31.0. The van der Waals surface area contributed by atoms with Crippen LogP contribution >= 0.6 is 0 Å². The summed E-state index contributed by atoms with van der Waals surface area (Å²) in [5, 5.41) is 1.52. The monoisotopic (exact) mass is 583 g/mol. The van der Waals surface area contributed by atoms with Crippen LogP contribution in [0.4, 0.5) is 13.2 Å². The van der Waals surface area contributed by atoms with E-state index in [1.165, 1.54) is 11.1 Å². The van der Waals surface area contributed by atoms with E-state index < -0.39 is 48.2 Å². The molecular formula is C32H36F3N3O4. The topological polar surface area (TPSA) is 78.0 Å². The van der Waals surface area contributed by atoms with Crippen LogP contribution in [0.1, 0.15) is 64.0 Å². The molecule has 2 aliphatic rings. The minimum Gasteiger partial charge on any atom is -0.304 e. The highest BCUT2D eigenvalue weighted by Gasteiger charge is 2.51. The lowest BCUT2D eigenvalue weighted by Crippen LogP contribution is -2.64. The van der Waals surface area contributed by atoms with Crippen molar-refractivity contribution in [3.63, 3.8) is 0 Å². The van der Waals surface area contributed by atoms with Gasteiger partial charge < -0.3 is 4.90 Å². The average molecular weight is 584 g/mol. The summed E-state index contributed by atoms with van der Waals surface area (Å²) >= 11 is 0. The number of carbonyl (C=O) groups is 4. The minimum atomic E-state index is -5.27. The lowest BCUT2D eigenvalue weighted by molar-refractivity contribution is -0.187. The van der Waals surface area contributed by atoms with Gasteiger partial charge in [0.05, 0.1) is 5.70 Å². The van der Waals surface area contributed by atoms with E-state index in [1.54, 1.807) is 74.5 Å². The van der Waals surface area contributed by atoms with E-state index in [9.17, 15) is 32.3 Å². The van der Waals surface area contributed by atoms with Crippen LogP contribution in [0.3, 0.4) is 0 Å². The SMILES string of the molecule is CC(=O)N(C(Cc1ccccc1)C(=O)C(F)(F)F)N1C(=O)C(C(C)C)N(C(=O)C2CCCCC2)C=C1c1ccccc1. The number of hydrazine groups is 1. The van der Waals surface area contributed by atoms with Crippen LogP contribution in [0, 0.1) is 11.8 Å². The summed E-state index contributed by atoms with van der Waals surface area (Å²) in [5.41, 5.74) is 0.833. The number of rotatable bonds is 8. The molecule has 0 saturated heterocycles. The Morgan fingerprint density at radius 1 is 0.929 bits per heavy atom. The Kier molecular flexibility index (Phi) is 9.53. The zero-order valence-electron chi connectivity index (χ0n) is 24.0. The average Bonchev–Trinajstić information content (AvgIpc) is 2.97. The first-order valence-corrected chi connectivity index (χ1v) is 14.3. The Bertz CT molecular complexity index is 1320. The summed E-state index contributed by atoms with van der Waals surface area (Å²) in [4.78, 5) is 55.9. The first-order valence-electron chi connectivity index (χ1n) is 14.3. The highest BCUT2D eigenvalue weighted by molar-refractivity contribution is 6.00. The molecule has 0 N–H and O–H groups in total. The molecule has 2 unspecified atom stereocenters. The Balaban J connectivity index is 1.91. The van der Waals surface area contributed by atoms with E-state index in [4.69, 9.17) is 0 Å². The van der Waals surface area contributed by atoms with Crippen molar-refractivity contribution < 1.29 is 32.3 Å². The standard InChI is InChI=1S/C32H36F3N3O4/c1-21(2)28-31(42)38(37(22(3)39)26(29(40)32(33,34)35)19-23-13-7-4-8-14-23)27(24-15-9-5-10-16-24)20-36(28)30(41)25-17-11-6-12-18-25/h4-5,7-10,13-16,20-21,25-26,28H,6,11-12,17-19H2,1-3H3. The number of amides is 3.